The second kappa shape index (κ2) is 7.56. The number of ether oxygens (including phenoxy) is 1. The van der Waals surface area contributed by atoms with E-state index < -0.39 is 6.10 Å². The molecule has 1 amide bonds. The molecule has 0 aliphatic carbocycles. The largest absolute Gasteiger partial charge is 0.481 e. The third-order valence-corrected chi connectivity index (χ3v) is 4.58. The standard InChI is InChI=1S/C23H21N3O2/c1-15-7-6-8-17(13-15)18-11-12-20-21(14-18)25-26-22(20)24-23(27)16(2)28-19-9-4-3-5-10-19/h3-14,16H,1-2H3,(H2,24,25,26,27). The molecule has 0 saturated carbocycles. The fourth-order valence-corrected chi connectivity index (χ4v) is 3.09. The van der Waals surface area contributed by atoms with Gasteiger partial charge in [0.05, 0.1) is 5.52 Å². The highest BCUT2D eigenvalue weighted by Gasteiger charge is 2.17. The van der Waals surface area contributed by atoms with Crippen molar-refractivity contribution in [3.05, 3.63) is 78.4 Å². The van der Waals surface area contributed by atoms with Crippen LogP contribution in [-0.4, -0.2) is 22.2 Å². The minimum atomic E-state index is -0.638. The molecule has 0 radical (unpaired) electrons. The maximum Gasteiger partial charge on any atom is 0.266 e. The van der Waals surface area contributed by atoms with Crippen molar-refractivity contribution < 1.29 is 9.53 Å². The number of hydrogen-bond acceptors (Lipinski definition) is 3. The van der Waals surface area contributed by atoms with Gasteiger partial charge in [-0.1, -0.05) is 54.1 Å². The van der Waals surface area contributed by atoms with Crippen LogP contribution < -0.4 is 10.1 Å². The van der Waals surface area contributed by atoms with Gasteiger partial charge in [-0.05, 0) is 49.2 Å². The van der Waals surface area contributed by atoms with Crippen LogP contribution in [0.25, 0.3) is 22.0 Å². The van der Waals surface area contributed by atoms with Gasteiger partial charge in [0.2, 0.25) is 0 Å². The van der Waals surface area contributed by atoms with Crippen LogP contribution in [0.4, 0.5) is 5.82 Å². The normalized spacial score (nSPS) is 11.9. The molecular weight excluding hydrogens is 350 g/mol. The number of amides is 1. The monoisotopic (exact) mass is 371 g/mol. The maximum absolute atomic E-state index is 12.5. The Balaban J connectivity index is 1.52. The van der Waals surface area contributed by atoms with Crippen LogP contribution in [0.3, 0.4) is 0 Å². The lowest BCUT2D eigenvalue weighted by Gasteiger charge is -2.13. The second-order valence-corrected chi connectivity index (χ2v) is 6.76. The Kier molecular flexibility index (Phi) is 4.81. The first-order valence-corrected chi connectivity index (χ1v) is 9.18. The molecule has 4 rings (SSSR count). The molecule has 0 aliphatic rings. The number of aromatic amines is 1. The molecule has 1 atom stereocenters. The lowest BCUT2D eigenvalue weighted by Crippen LogP contribution is -2.30. The van der Waals surface area contributed by atoms with Crippen LogP contribution in [0.5, 0.6) is 5.75 Å². The van der Waals surface area contributed by atoms with Crippen LogP contribution >= 0.6 is 0 Å². The Morgan fingerprint density at radius 1 is 1.00 bits per heavy atom. The van der Waals surface area contributed by atoms with Gasteiger partial charge in [0.25, 0.3) is 5.91 Å². The summed E-state index contributed by atoms with van der Waals surface area (Å²) in [6.07, 6.45) is -0.638. The lowest BCUT2D eigenvalue weighted by atomic mass is 10.0. The number of fused-ring (bicyclic) bond motifs is 1. The fraction of sp³-hybridized carbons (Fsp3) is 0.130. The van der Waals surface area contributed by atoms with Gasteiger partial charge < -0.3 is 10.1 Å². The number of hydrogen-bond donors (Lipinski definition) is 2. The Hall–Kier alpha value is -3.60. The van der Waals surface area contributed by atoms with Gasteiger partial charge in [0.15, 0.2) is 11.9 Å². The number of carbonyl (C=O) groups excluding carboxylic acids is 1. The molecule has 28 heavy (non-hydrogen) atoms. The molecule has 1 unspecified atom stereocenters. The molecule has 2 N–H and O–H groups in total. The maximum atomic E-state index is 12.5. The molecule has 5 nitrogen and oxygen atoms in total. The number of aromatic nitrogens is 2. The zero-order chi connectivity index (χ0) is 19.5. The minimum Gasteiger partial charge on any atom is -0.481 e. The summed E-state index contributed by atoms with van der Waals surface area (Å²) in [5, 5.41) is 11.0. The van der Waals surface area contributed by atoms with E-state index >= 15 is 0 Å². The number of anilines is 1. The van der Waals surface area contributed by atoms with Gasteiger partial charge in [-0.2, -0.15) is 5.10 Å². The molecule has 140 valence electrons. The molecule has 0 spiro atoms. The number of carbonyl (C=O) groups is 1. The Labute approximate surface area is 163 Å². The van der Waals surface area contributed by atoms with Crippen LogP contribution in [0.1, 0.15) is 12.5 Å². The molecule has 0 aliphatic heterocycles. The summed E-state index contributed by atoms with van der Waals surface area (Å²) in [5.74, 6) is 0.902. The highest BCUT2D eigenvalue weighted by atomic mass is 16.5. The van der Waals surface area contributed by atoms with Crippen molar-refractivity contribution in [2.75, 3.05) is 5.32 Å². The van der Waals surface area contributed by atoms with E-state index in [0.29, 0.717) is 11.6 Å². The molecule has 0 saturated heterocycles. The molecule has 1 aromatic heterocycles. The van der Waals surface area contributed by atoms with Crippen molar-refractivity contribution in [1.29, 1.82) is 0 Å². The van der Waals surface area contributed by atoms with Gasteiger partial charge in [-0.3, -0.25) is 9.89 Å². The highest BCUT2D eigenvalue weighted by Crippen LogP contribution is 2.27. The Bertz CT molecular complexity index is 1120. The third-order valence-electron chi connectivity index (χ3n) is 4.58. The van der Waals surface area contributed by atoms with E-state index in [1.165, 1.54) is 5.56 Å². The van der Waals surface area contributed by atoms with Crippen molar-refractivity contribution in [3.63, 3.8) is 0 Å². The summed E-state index contributed by atoms with van der Waals surface area (Å²) < 4.78 is 5.68. The number of nitrogens with one attached hydrogen (secondary N) is 2. The van der Waals surface area contributed by atoms with Crippen molar-refractivity contribution in [2.24, 2.45) is 0 Å². The van der Waals surface area contributed by atoms with E-state index in [1.54, 1.807) is 6.92 Å². The third kappa shape index (κ3) is 3.74. The quantitative estimate of drug-likeness (QED) is 0.522. The van der Waals surface area contributed by atoms with Crippen molar-refractivity contribution >= 4 is 22.6 Å². The zero-order valence-corrected chi connectivity index (χ0v) is 15.8. The topological polar surface area (TPSA) is 67.0 Å². The van der Waals surface area contributed by atoms with Crippen LogP contribution in [0, 0.1) is 6.92 Å². The number of para-hydroxylation sites is 1. The van der Waals surface area contributed by atoms with Crippen LogP contribution in [0.2, 0.25) is 0 Å². The Morgan fingerprint density at radius 3 is 2.57 bits per heavy atom. The van der Waals surface area contributed by atoms with Gasteiger partial charge >= 0.3 is 0 Å². The van der Waals surface area contributed by atoms with Gasteiger partial charge in [-0.15, -0.1) is 0 Å². The van der Waals surface area contributed by atoms with Crippen molar-refractivity contribution in [2.45, 2.75) is 20.0 Å². The number of benzene rings is 3. The van der Waals surface area contributed by atoms with E-state index in [4.69, 9.17) is 4.74 Å². The smallest absolute Gasteiger partial charge is 0.266 e. The first kappa shape index (κ1) is 17.8. The minimum absolute atomic E-state index is 0.250. The number of H-pyrrole nitrogens is 1. The molecule has 0 fully saturated rings. The van der Waals surface area contributed by atoms with Gasteiger partial charge in [-0.25, -0.2) is 0 Å². The zero-order valence-electron chi connectivity index (χ0n) is 15.8. The predicted molar refractivity (Wildman–Crippen MR) is 111 cm³/mol. The Morgan fingerprint density at radius 2 is 1.79 bits per heavy atom. The van der Waals surface area contributed by atoms with E-state index in [9.17, 15) is 4.79 Å². The summed E-state index contributed by atoms with van der Waals surface area (Å²) in [5.41, 5.74) is 4.32. The van der Waals surface area contributed by atoms with Crippen molar-refractivity contribution in [3.8, 4) is 16.9 Å². The summed E-state index contributed by atoms with van der Waals surface area (Å²) >= 11 is 0. The van der Waals surface area contributed by atoms with E-state index in [0.717, 1.165) is 22.0 Å². The highest BCUT2D eigenvalue weighted by molar-refractivity contribution is 6.02. The number of nitrogens with zero attached hydrogens (tertiary/aromatic N) is 1. The molecular formula is C23H21N3O2. The summed E-state index contributed by atoms with van der Waals surface area (Å²) in [4.78, 5) is 12.5. The molecule has 1 heterocycles. The van der Waals surface area contributed by atoms with Gasteiger partial charge in [0.1, 0.15) is 5.75 Å². The first-order valence-electron chi connectivity index (χ1n) is 9.18. The van der Waals surface area contributed by atoms with E-state index in [1.807, 2.05) is 54.6 Å². The van der Waals surface area contributed by atoms with Crippen LogP contribution in [-0.2, 0) is 4.79 Å². The predicted octanol–water partition coefficient (Wildman–Crippen LogP) is 4.94. The lowest BCUT2D eigenvalue weighted by molar-refractivity contribution is -0.122. The van der Waals surface area contributed by atoms with E-state index in [-0.39, 0.29) is 5.91 Å². The molecule has 4 aromatic rings. The van der Waals surface area contributed by atoms with Crippen molar-refractivity contribution in [1.82, 2.24) is 10.2 Å². The van der Waals surface area contributed by atoms with Gasteiger partial charge in [0, 0.05) is 5.39 Å². The first-order chi connectivity index (χ1) is 13.6. The summed E-state index contributed by atoms with van der Waals surface area (Å²) in [6, 6.07) is 23.7. The second-order valence-electron chi connectivity index (χ2n) is 6.76. The number of rotatable bonds is 5. The summed E-state index contributed by atoms with van der Waals surface area (Å²) in [6.45, 7) is 3.79. The average Bonchev–Trinajstić information content (AvgIpc) is 3.10. The average molecular weight is 371 g/mol. The molecule has 3 aromatic carbocycles. The molecule has 0 bridgehead atoms. The molecule has 5 heteroatoms. The number of aryl methyl sites for hydroxylation is 1. The SMILES string of the molecule is Cc1cccc(-c2ccc3c(NC(=O)C(C)Oc4ccccc4)n[nH]c3c2)c1. The van der Waals surface area contributed by atoms with E-state index in [2.05, 4.69) is 40.6 Å². The summed E-state index contributed by atoms with van der Waals surface area (Å²) in [7, 11) is 0. The van der Waals surface area contributed by atoms with Crippen LogP contribution in [0.15, 0.2) is 72.8 Å². The fourth-order valence-electron chi connectivity index (χ4n) is 3.09.